The lowest BCUT2D eigenvalue weighted by Crippen LogP contribution is -2.69. The van der Waals surface area contributed by atoms with Crippen LogP contribution in [0.1, 0.15) is 169 Å². The Morgan fingerprint density at radius 1 is 0.773 bits per heavy atom. The van der Waals surface area contributed by atoms with Crippen LogP contribution in [-0.4, -0.2) is 220 Å². The number of ether oxygens (including phenoxy) is 1. The SMILES string of the molecule is C#CC(C(=O)N(C)C(C=O)(CC(C)C)NC(C(=O)N(C)C(CC(C)C)C(C)=NC(C)(C)C=O)C(C)C)N(C)C(=O)C(CC)NC(=O)C1C(C(C)CC=CC(=O)O)OC(C)C(N(C)C(=O)C(CC(C)C)N(C)C(C=O)(CC(C)C)NC(=O)CCC)C(=O)N1C. The molecule has 1 heterocycles. The molecule has 1 saturated heterocycles. The van der Waals surface area contributed by atoms with Gasteiger partial charge in [-0.1, -0.05) is 102 Å². The molecule has 0 bridgehead atoms. The summed E-state index contributed by atoms with van der Waals surface area (Å²) >= 11 is 0. The van der Waals surface area contributed by atoms with Gasteiger partial charge in [-0.3, -0.25) is 58.4 Å². The van der Waals surface area contributed by atoms with Crippen LogP contribution >= 0.6 is 0 Å². The normalized spacial score (nSPS) is 20.2. The van der Waals surface area contributed by atoms with Crippen molar-refractivity contribution in [3.8, 4) is 12.3 Å². The van der Waals surface area contributed by atoms with Crippen molar-refractivity contribution >= 4 is 71.9 Å². The summed E-state index contributed by atoms with van der Waals surface area (Å²) in [5.41, 5.74) is -3.97. The molecule has 4 N–H and O–H groups in total. The number of allylic oxidation sites excluding steroid dienone is 1. The summed E-state index contributed by atoms with van der Waals surface area (Å²) in [6.07, 6.45) is 9.57. The molecule has 0 saturated carbocycles. The monoisotopic (exact) mass is 1240 g/mol. The lowest BCUT2D eigenvalue weighted by Gasteiger charge is -2.45. The molecule has 498 valence electrons. The first-order chi connectivity index (χ1) is 40.7. The van der Waals surface area contributed by atoms with Crippen molar-refractivity contribution in [2.45, 2.75) is 240 Å². The highest BCUT2D eigenvalue weighted by Gasteiger charge is 2.52. The van der Waals surface area contributed by atoms with Crippen LogP contribution in [-0.2, 0) is 57.5 Å². The number of likely N-dealkylation sites (N-methyl/N-ethyl adjacent to an activating group) is 6. The van der Waals surface area contributed by atoms with Crippen LogP contribution in [0.15, 0.2) is 17.1 Å². The second-order valence-electron chi connectivity index (χ2n) is 26.8. The highest BCUT2D eigenvalue weighted by atomic mass is 16.5. The Balaban J connectivity index is 3.98. The van der Waals surface area contributed by atoms with E-state index in [9.17, 15) is 43.5 Å². The van der Waals surface area contributed by atoms with Crippen molar-refractivity contribution < 1.29 is 62.6 Å². The van der Waals surface area contributed by atoms with E-state index < -0.39 is 125 Å². The van der Waals surface area contributed by atoms with Crippen LogP contribution in [0, 0.1) is 47.9 Å². The van der Waals surface area contributed by atoms with Gasteiger partial charge in [0.25, 0.3) is 5.91 Å². The smallest absolute Gasteiger partial charge is 0.327 e. The summed E-state index contributed by atoms with van der Waals surface area (Å²) in [5.74, 6) is -4.95. The molecule has 0 aliphatic carbocycles. The van der Waals surface area contributed by atoms with Crippen molar-refractivity contribution in [1.29, 1.82) is 0 Å². The first-order valence-electron chi connectivity index (χ1n) is 31.1. The lowest BCUT2D eigenvalue weighted by atomic mass is 9.91. The number of terminal acetylenes is 1. The largest absolute Gasteiger partial charge is 0.478 e. The highest BCUT2D eigenvalue weighted by Crippen LogP contribution is 2.32. The van der Waals surface area contributed by atoms with Gasteiger partial charge >= 0.3 is 5.97 Å². The molecule has 0 aromatic carbocycles. The zero-order valence-corrected chi connectivity index (χ0v) is 57.3. The maximum absolute atomic E-state index is 15.1. The number of rotatable bonds is 36. The average Bonchev–Trinajstić information content (AvgIpc) is 3.64. The first-order valence-corrected chi connectivity index (χ1v) is 31.1. The summed E-state index contributed by atoms with van der Waals surface area (Å²) in [5, 5.41) is 18.4. The van der Waals surface area contributed by atoms with E-state index in [1.54, 1.807) is 79.3 Å². The van der Waals surface area contributed by atoms with Gasteiger partial charge in [0.05, 0.1) is 30.3 Å². The summed E-state index contributed by atoms with van der Waals surface area (Å²) in [4.78, 5) is 166. The van der Waals surface area contributed by atoms with E-state index in [1.807, 2.05) is 62.3 Å². The standard InChI is InChI=1S/C65H110N10O13/c1-25-29-51(79)68-64(37-77,34-41(8)9)74(23)50(33-40(6)7)59(84)72(21)54-46(16)88-56(44(14)30-28-31-52(80)81)55(73(22)62(54)87)57(82)66-47(26-2)58(83)70(19)48(27-3)60(85)75(24)65(38-78,35-42(10)11)69-53(43(12)13)61(86)71(20)49(32-39(4)5)45(15)67-63(17,18)36-76/h3,28,31,36-44,46-50,53-56,69H,25-26,29-30,32-35H2,1-2,4-24H3,(H,66,82)(H,68,79)(H,80,81). The molecule has 0 aromatic rings. The Labute approximate surface area is 525 Å². The number of carboxylic acid groups (broad SMARTS) is 1. The number of carbonyl (C=O) groups is 11. The van der Waals surface area contributed by atoms with E-state index >= 15 is 14.4 Å². The fourth-order valence-corrected chi connectivity index (χ4v) is 11.6. The molecule has 0 radical (unpaired) electrons. The maximum atomic E-state index is 15.1. The van der Waals surface area contributed by atoms with Gasteiger partial charge in [0.2, 0.25) is 35.4 Å². The summed E-state index contributed by atoms with van der Waals surface area (Å²) in [6, 6.07) is -8.62. The Kier molecular flexibility index (Phi) is 31.8. The van der Waals surface area contributed by atoms with Crippen LogP contribution in [0.4, 0.5) is 0 Å². The predicted molar refractivity (Wildman–Crippen MR) is 340 cm³/mol. The number of carbonyl (C=O) groups excluding carboxylic acids is 10. The number of hydrogen-bond acceptors (Lipinski definition) is 15. The molecule has 1 aliphatic rings. The first kappa shape index (κ1) is 79.6. The van der Waals surface area contributed by atoms with Gasteiger partial charge < -0.3 is 49.8 Å². The molecule has 1 fully saturated rings. The van der Waals surface area contributed by atoms with E-state index in [0.717, 1.165) is 27.1 Å². The number of aliphatic imine (C=N–C) groups is 1. The van der Waals surface area contributed by atoms with Crippen molar-refractivity contribution in [3.05, 3.63) is 12.2 Å². The highest BCUT2D eigenvalue weighted by molar-refractivity contribution is 5.98. The number of nitrogens with zero attached hydrogens (tertiary/aromatic N) is 7. The Bertz CT molecular complexity index is 2530. The molecule has 23 nitrogen and oxygen atoms in total. The molecular formula is C65H110N10O13. The topological polar surface area (TPSA) is 285 Å². The minimum Gasteiger partial charge on any atom is -0.478 e. The Hall–Kier alpha value is -6.38. The third-order valence-electron chi connectivity index (χ3n) is 16.4. The maximum Gasteiger partial charge on any atom is 0.327 e. The van der Waals surface area contributed by atoms with E-state index in [2.05, 4.69) is 26.9 Å². The van der Waals surface area contributed by atoms with Crippen molar-refractivity contribution in [3.63, 3.8) is 0 Å². The summed E-state index contributed by atoms with van der Waals surface area (Å²) < 4.78 is 6.69. The number of aldehydes is 3. The van der Waals surface area contributed by atoms with Gasteiger partial charge in [-0.05, 0) is 115 Å². The van der Waals surface area contributed by atoms with Crippen LogP contribution in [0.2, 0.25) is 0 Å². The zero-order chi connectivity index (χ0) is 68.3. The quantitative estimate of drug-likeness (QED) is 0.0212. The van der Waals surface area contributed by atoms with E-state index in [1.165, 1.54) is 39.2 Å². The second kappa shape index (κ2) is 35.1. The van der Waals surface area contributed by atoms with Crippen LogP contribution in [0.5, 0.6) is 0 Å². The fraction of sp³-hybridized carbons (Fsp3) is 0.754. The van der Waals surface area contributed by atoms with E-state index in [0.29, 0.717) is 31.1 Å². The number of aliphatic carboxylic acids is 1. The third kappa shape index (κ3) is 21.1. The van der Waals surface area contributed by atoms with E-state index in [4.69, 9.17) is 11.2 Å². The number of carboxylic acids is 1. The van der Waals surface area contributed by atoms with Gasteiger partial charge in [-0.2, -0.15) is 0 Å². The number of hydrogen-bond donors (Lipinski definition) is 4. The third-order valence-corrected chi connectivity index (χ3v) is 16.4. The van der Waals surface area contributed by atoms with Crippen molar-refractivity contribution in [1.82, 2.24) is 45.3 Å². The van der Waals surface area contributed by atoms with Gasteiger partial charge in [0.1, 0.15) is 30.0 Å². The molecule has 7 amide bonds. The summed E-state index contributed by atoms with van der Waals surface area (Å²) in [7, 11) is 8.64. The molecule has 88 heavy (non-hydrogen) atoms. The minimum absolute atomic E-state index is 0.00328. The van der Waals surface area contributed by atoms with Crippen molar-refractivity contribution in [2.75, 3.05) is 42.3 Å². The second-order valence-corrected chi connectivity index (χ2v) is 26.8. The fourth-order valence-electron chi connectivity index (χ4n) is 11.6. The minimum atomic E-state index is -1.87. The molecule has 12 atom stereocenters. The predicted octanol–water partition coefficient (Wildman–Crippen LogP) is 4.98. The number of nitrogens with one attached hydrogen (secondary N) is 3. The molecule has 12 unspecified atom stereocenters. The van der Waals surface area contributed by atoms with Crippen molar-refractivity contribution in [2.24, 2.45) is 40.5 Å². The lowest BCUT2D eigenvalue weighted by molar-refractivity contribution is -0.154. The number of amides is 7. The molecular weight excluding hydrogens is 1130 g/mol. The molecule has 0 spiro atoms. The molecule has 0 aromatic heterocycles. The van der Waals surface area contributed by atoms with Gasteiger partial charge in [-0.25, -0.2) is 4.79 Å². The molecule has 1 rings (SSSR count). The van der Waals surface area contributed by atoms with Crippen LogP contribution in [0.3, 0.4) is 0 Å². The average molecular weight is 1240 g/mol. The summed E-state index contributed by atoms with van der Waals surface area (Å²) in [6.45, 7) is 30.7. The molecule has 23 heteroatoms. The zero-order valence-electron chi connectivity index (χ0n) is 57.3. The van der Waals surface area contributed by atoms with Crippen LogP contribution in [0.25, 0.3) is 0 Å². The Morgan fingerprint density at radius 3 is 1.76 bits per heavy atom. The molecule has 1 aliphatic heterocycles. The van der Waals surface area contributed by atoms with Gasteiger partial charge in [0, 0.05) is 53.4 Å². The van der Waals surface area contributed by atoms with E-state index in [-0.39, 0.29) is 68.1 Å². The van der Waals surface area contributed by atoms with Gasteiger partial charge in [-0.15, -0.1) is 6.42 Å². The van der Waals surface area contributed by atoms with Crippen LogP contribution < -0.4 is 16.0 Å². The Morgan fingerprint density at radius 2 is 1.31 bits per heavy atom. The van der Waals surface area contributed by atoms with Gasteiger partial charge in [0.15, 0.2) is 29.9 Å².